The Balaban J connectivity index is 0.000000334. The number of hydrogen-bond donors (Lipinski definition) is 3. The van der Waals surface area contributed by atoms with Crippen molar-refractivity contribution in [2.24, 2.45) is 5.73 Å². The van der Waals surface area contributed by atoms with Gasteiger partial charge in [-0.25, -0.2) is 36.2 Å². The van der Waals surface area contributed by atoms with E-state index in [4.69, 9.17) is 33.7 Å². The largest absolute Gasteiger partial charge is 0.460 e. The number of carbonyl (C=O) groups excluding carboxylic acids is 5. The predicted molar refractivity (Wildman–Crippen MR) is 228 cm³/mol. The van der Waals surface area contributed by atoms with Gasteiger partial charge in [-0.3, -0.25) is 24.0 Å². The van der Waals surface area contributed by atoms with E-state index in [1.807, 2.05) is 16.4 Å². The molecule has 21 heteroatoms. The number of imidazole rings is 2. The molecule has 0 fully saturated rings. The van der Waals surface area contributed by atoms with Crippen LogP contribution < -0.4 is 15.2 Å². The second-order valence-electron chi connectivity index (χ2n) is 14.7. The number of nitrogens with zero attached hydrogens (tertiary/aromatic N) is 4. The molecule has 2 aromatic heterocycles. The van der Waals surface area contributed by atoms with Crippen molar-refractivity contribution in [1.82, 2.24) is 28.5 Å². The lowest BCUT2D eigenvalue weighted by Gasteiger charge is -2.19. The number of halogens is 2. The first-order valence-electron chi connectivity index (χ1n) is 19.3. The number of nitrogens with two attached hydrogens (primary N) is 1. The second kappa shape index (κ2) is 22.8. The standard InChI is InChI=1S/C23H30ClN3O6S.C17H21ClN4O4S/c1-5-6-7-19-25-22(24)18(15-28)27(19)14-16-8-10-17(11-9-16)34(31,32)26-20(29)12-13-21(30)33-23(2,3)4;1-2-3-4-15-20-17(18)14(11-23)22(15)10-12-5-7-13(8-6-12)27(25,26)21-16(24)9-19/h8-11,15H,5-7,12-14H2,1-4H3,(H,26,29);5-8,11H,2-4,9-10,19H2,1H3,(H,21,24). The van der Waals surface area contributed by atoms with Gasteiger partial charge in [0.15, 0.2) is 22.9 Å². The van der Waals surface area contributed by atoms with Crippen LogP contribution in [0.5, 0.6) is 0 Å². The molecule has 4 N–H and O–H groups in total. The molecule has 0 atom stereocenters. The predicted octanol–water partition coefficient (Wildman–Crippen LogP) is 5.17. The molecule has 332 valence electrons. The molecule has 17 nitrogen and oxygen atoms in total. The summed E-state index contributed by atoms with van der Waals surface area (Å²) in [7, 11) is -8.08. The Morgan fingerprint density at radius 1 is 0.705 bits per heavy atom. The quantitative estimate of drug-likeness (QED) is 0.0766. The fourth-order valence-corrected chi connectivity index (χ4v) is 8.12. The summed E-state index contributed by atoms with van der Waals surface area (Å²) in [6.07, 6.45) is 5.82. The number of esters is 1. The maximum atomic E-state index is 12.5. The van der Waals surface area contributed by atoms with Gasteiger partial charge in [0.1, 0.15) is 28.6 Å². The SMILES string of the molecule is CCCCc1nc(Cl)c(C=O)n1Cc1ccc(S(=O)(=O)NC(=O)CCC(=O)OC(C)(C)C)cc1.CCCCc1nc(Cl)c(C=O)n1Cc1ccc(S(=O)(=O)NC(=O)CN)cc1. The molecule has 2 aromatic carbocycles. The van der Waals surface area contributed by atoms with Gasteiger partial charge in [0.2, 0.25) is 11.8 Å². The minimum absolute atomic E-state index is 0.0569. The van der Waals surface area contributed by atoms with Gasteiger partial charge in [-0.15, -0.1) is 0 Å². The number of nitrogens with one attached hydrogen (secondary N) is 2. The third-order valence-electron chi connectivity index (χ3n) is 8.62. The van der Waals surface area contributed by atoms with E-state index in [0.717, 1.165) is 36.8 Å². The molecule has 2 heterocycles. The van der Waals surface area contributed by atoms with Gasteiger partial charge >= 0.3 is 5.97 Å². The lowest BCUT2D eigenvalue weighted by atomic mass is 10.2. The van der Waals surface area contributed by atoms with Crippen molar-refractivity contribution in [2.45, 2.75) is 114 Å². The summed E-state index contributed by atoms with van der Waals surface area (Å²) >= 11 is 12.1. The fraction of sp³-hybridized carbons (Fsp3) is 0.425. The molecule has 0 radical (unpaired) electrons. The minimum Gasteiger partial charge on any atom is -0.460 e. The topological polar surface area (TPSA) is 249 Å². The first-order chi connectivity index (χ1) is 28.7. The Kier molecular flexibility index (Phi) is 18.8. The molecule has 61 heavy (non-hydrogen) atoms. The van der Waals surface area contributed by atoms with Crippen molar-refractivity contribution < 1.29 is 45.5 Å². The van der Waals surface area contributed by atoms with Crippen molar-refractivity contribution in [3.63, 3.8) is 0 Å². The molecular weight excluding hydrogens is 874 g/mol. The molecule has 0 aliphatic heterocycles. The molecule has 0 aliphatic carbocycles. The highest BCUT2D eigenvalue weighted by Crippen LogP contribution is 2.22. The number of aromatic nitrogens is 4. The monoisotopic (exact) mass is 923 g/mol. The fourth-order valence-electron chi connectivity index (χ4n) is 5.62. The highest BCUT2D eigenvalue weighted by molar-refractivity contribution is 7.90. The average Bonchev–Trinajstić information content (AvgIpc) is 3.66. The second-order valence-corrected chi connectivity index (χ2v) is 18.7. The molecule has 2 amide bonds. The van der Waals surface area contributed by atoms with Gasteiger partial charge in [-0.2, -0.15) is 0 Å². The molecular formula is C40H51Cl2N7O10S2. The zero-order chi connectivity index (χ0) is 45.5. The third-order valence-corrected chi connectivity index (χ3v) is 12.0. The van der Waals surface area contributed by atoms with Crippen molar-refractivity contribution in [1.29, 1.82) is 0 Å². The number of sulfonamides is 2. The summed E-state index contributed by atoms with van der Waals surface area (Å²) in [6, 6.07) is 11.9. The van der Waals surface area contributed by atoms with E-state index < -0.39 is 50.0 Å². The van der Waals surface area contributed by atoms with Crippen LogP contribution in [0.3, 0.4) is 0 Å². The molecule has 4 rings (SSSR count). The number of amides is 2. The van der Waals surface area contributed by atoms with Crippen LogP contribution in [0.1, 0.15) is 117 Å². The molecule has 0 saturated heterocycles. The lowest BCUT2D eigenvalue weighted by molar-refractivity contribution is -0.155. The maximum absolute atomic E-state index is 12.5. The number of rotatable bonds is 20. The summed E-state index contributed by atoms with van der Waals surface area (Å²) in [5.41, 5.74) is 6.47. The van der Waals surface area contributed by atoms with Crippen molar-refractivity contribution in [2.75, 3.05) is 6.54 Å². The Bertz CT molecular complexity index is 2390. The minimum atomic E-state index is -4.11. The van der Waals surface area contributed by atoms with E-state index >= 15 is 0 Å². The van der Waals surface area contributed by atoms with Gasteiger partial charge in [-0.05, 0) is 69.0 Å². The van der Waals surface area contributed by atoms with E-state index in [1.165, 1.54) is 24.3 Å². The zero-order valence-corrected chi connectivity index (χ0v) is 37.7. The number of unbranched alkanes of at least 4 members (excludes halogenated alkanes) is 2. The number of aldehydes is 2. The van der Waals surface area contributed by atoms with Crippen molar-refractivity contribution in [3.8, 4) is 0 Å². The summed E-state index contributed by atoms with van der Waals surface area (Å²) in [5, 5.41) is 0.286. The summed E-state index contributed by atoms with van der Waals surface area (Å²) in [5.74, 6) is -0.793. The summed E-state index contributed by atoms with van der Waals surface area (Å²) in [6.45, 7) is 9.39. The lowest BCUT2D eigenvalue weighted by Crippen LogP contribution is -2.35. The van der Waals surface area contributed by atoms with E-state index in [9.17, 15) is 40.8 Å². The summed E-state index contributed by atoms with van der Waals surface area (Å²) in [4.78, 5) is 66.2. The molecule has 0 bridgehead atoms. The number of aryl methyl sites for hydroxylation is 2. The third kappa shape index (κ3) is 15.2. The smallest absolute Gasteiger partial charge is 0.306 e. The van der Waals surface area contributed by atoms with Crippen molar-refractivity contribution in [3.05, 3.63) is 93.0 Å². The van der Waals surface area contributed by atoms with E-state index in [-0.39, 0.29) is 50.9 Å². The van der Waals surface area contributed by atoms with Crippen LogP contribution in [0.4, 0.5) is 0 Å². The highest BCUT2D eigenvalue weighted by Gasteiger charge is 2.22. The van der Waals surface area contributed by atoms with Crippen LogP contribution >= 0.6 is 23.2 Å². The molecule has 0 spiro atoms. The normalized spacial score (nSPS) is 11.6. The number of hydrogen-bond acceptors (Lipinski definition) is 13. The van der Waals surface area contributed by atoms with Crippen LogP contribution in [0.15, 0.2) is 58.3 Å². The van der Waals surface area contributed by atoms with Crippen LogP contribution in [-0.4, -0.2) is 78.4 Å². The summed E-state index contributed by atoms with van der Waals surface area (Å²) < 4.78 is 61.6. The van der Waals surface area contributed by atoms with Crippen LogP contribution in [0.25, 0.3) is 0 Å². The zero-order valence-electron chi connectivity index (χ0n) is 34.6. The van der Waals surface area contributed by atoms with Gasteiger partial charge in [-0.1, -0.05) is 74.2 Å². The number of carbonyl (C=O) groups is 5. The highest BCUT2D eigenvalue weighted by atomic mass is 35.5. The van der Waals surface area contributed by atoms with Crippen LogP contribution in [0, 0.1) is 0 Å². The van der Waals surface area contributed by atoms with Gasteiger partial charge in [0.05, 0.1) is 22.8 Å². The van der Waals surface area contributed by atoms with Crippen LogP contribution in [-0.2, 0) is 65.1 Å². The molecule has 4 aromatic rings. The molecule has 0 aliphatic rings. The number of ether oxygens (including phenoxy) is 1. The van der Waals surface area contributed by atoms with Gasteiger partial charge in [0.25, 0.3) is 20.0 Å². The first kappa shape index (κ1) is 50.4. The molecule has 0 unspecified atom stereocenters. The first-order valence-corrected chi connectivity index (χ1v) is 23.0. The molecule has 0 saturated carbocycles. The Morgan fingerprint density at radius 3 is 1.44 bits per heavy atom. The van der Waals surface area contributed by atoms with Gasteiger partial charge < -0.3 is 19.6 Å². The van der Waals surface area contributed by atoms with E-state index in [2.05, 4.69) is 16.9 Å². The van der Waals surface area contributed by atoms with Crippen molar-refractivity contribution >= 4 is 73.6 Å². The van der Waals surface area contributed by atoms with E-state index in [1.54, 1.807) is 54.2 Å². The van der Waals surface area contributed by atoms with Crippen LogP contribution in [0.2, 0.25) is 10.3 Å². The Labute approximate surface area is 365 Å². The van der Waals surface area contributed by atoms with Gasteiger partial charge in [0, 0.05) is 32.4 Å². The maximum Gasteiger partial charge on any atom is 0.306 e. The number of benzene rings is 2. The Hall–Kier alpha value is -4.95. The average molecular weight is 925 g/mol. The van der Waals surface area contributed by atoms with E-state index in [0.29, 0.717) is 43.6 Å². The Morgan fingerprint density at radius 2 is 1.10 bits per heavy atom.